The second-order valence-electron chi connectivity index (χ2n) is 8.17. The minimum absolute atomic E-state index is 0.220. The van der Waals surface area contributed by atoms with E-state index >= 15 is 0 Å². The molecule has 0 bridgehead atoms. The van der Waals surface area contributed by atoms with E-state index in [1.54, 1.807) is 31.3 Å². The van der Waals surface area contributed by atoms with Crippen molar-refractivity contribution in [1.82, 2.24) is 20.1 Å². The molecule has 3 aromatic rings. The first-order chi connectivity index (χ1) is 16.5. The molecule has 10 heteroatoms. The van der Waals surface area contributed by atoms with Gasteiger partial charge < -0.3 is 20.3 Å². The number of amides is 2. The normalized spacial score (nSPS) is 14.0. The van der Waals surface area contributed by atoms with E-state index in [4.69, 9.17) is 16.3 Å². The SMILES string of the molecule is Cn1nc(NC(=O)c2ccccc2Cl)cc1OC(=O)NCCC1CCN(c2ccncc2)CC1. The Morgan fingerprint density at radius 2 is 1.88 bits per heavy atom. The fraction of sp³-hybridized carbons (Fsp3) is 0.333. The third-order valence-electron chi connectivity index (χ3n) is 5.86. The minimum Gasteiger partial charge on any atom is -0.391 e. The molecule has 0 atom stereocenters. The molecule has 1 fully saturated rings. The van der Waals surface area contributed by atoms with Crippen LogP contribution in [0.2, 0.25) is 5.02 Å². The molecular weight excluding hydrogens is 456 g/mol. The maximum absolute atomic E-state index is 12.4. The molecule has 1 saturated heterocycles. The lowest BCUT2D eigenvalue weighted by molar-refractivity contribution is 0.102. The van der Waals surface area contributed by atoms with Crippen LogP contribution in [0.5, 0.6) is 5.88 Å². The first-order valence-electron chi connectivity index (χ1n) is 11.2. The van der Waals surface area contributed by atoms with Crippen LogP contribution in [-0.4, -0.2) is 46.4 Å². The average Bonchev–Trinajstić information content (AvgIpc) is 3.18. The smallest absolute Gasteiger partial charge is 0.391 e. The topological polar surface area (TPSA) is 101 Å². The highest BCUT2D eigenvalue weighted by molar-refractivity contribution is 6.34. The van der Waals surface area contributed by atoms with Crippen molar-refractivity contribution >= 4 is 35.1 Å². The number of nitrogens with zero attached hydrogens (tertiary/aromatic N) is 4. The predicted molar refractivity (Wildman–Crippen MR) is 130 cm³/mol. The van der Waals surface area contributed by atoms with Crippen LogP contribution in [0.4, 0.5) is 16.3 Å². The van der Waals surface area contributed by atoms with Crippen molar-refractivity contribution in [2.24, 2.45) is 13.0 Å². The number of carbonyl (C=O) groups excluding carboxylic acids is 2. The van der Waals surface area contributed by atoms with E-state index < -0.39 is 12.0 Å². The van der Waals surface area contributed by atoms with Crippen molar-refractivity contribution in [2.75, 3.05) is 29.9 Å². The zero-order chi connectivity index (χ0) is 23.9. The number of carbonyl (C=O) groups is 2. The molecule has 0 unspecified atom stereocenters. The van der Waals surface area contributed by atoms with Crippen molar-refractivity contribution in [3.63, 3.8) is 0 Å². The monoisotopic (exact) mass is 482 g/mol. The molecule has 3 heterocycles. The van der Waals surface area contributed by atoms with Gasteiger partial charge in [0.1, 0.15) is 0 Å². The molecule has 9 nitrogen and oxygen atoms in total. The number of piperidine rings is 1. The summed E-state index contributed by atoms with van der Waals surface area (Å²) in [6, 6.07) is 12.3. The molecule has 0 aliphatic carbocycles. The number of nitrogens with one attached hydrogen (secondary N) is 2. The summed E-state index contributed by atoms with van der Waals surface area (Å²) < 4.78 is 6.75. The lowest BCUT2D eigenvalue weighted by Crippen LogP contribution is -2.35. The fourth-order valence-electron chi connectivity index (χ4n) is 3.98. The molecule has 2 N–H and O–H groups in total. The van der Waals surface area contributed by atoms with Crippen LogP contribution in [0.3, 0.4) is 0 Å². The Balaban J connectivity index is 1.20. The number of rotatable bonds is 7. The molecular formula is C24H27ClN6O3. The summed E-state index contributed by atoms with van der Waals surface area (Å²) >= 11 is 6.06. The molecule has 0 radical (unpaired) electrons. The first-order valence-corrected chi connectivity index (χ1v) is 11.6. The van der Waals surface area contributed by atoms with Gasteiger partial charge in [-0.3, -0.25) is 9.78 Å². The maximum atomic E-state index is 12.4. The third kappa shape index (κ3) is 6.05. The van der Waals surface area contributed by atoms with Crippen LogP contribution >= 0.6 is 11.6 Å². The van der Waals surface area contributed by atoms with Gasteiger partial charge in [0.2, 0.25) is 5.88 Å². The molecule has 34 heavy (non-hydrogen) atoms. The van der Waals surface area contributed by atoms with Crippen LogP contribution in [0, 0.1) is 5.92 Å². The zero-order valence-electron chi connectivity index (χ0n) is 18.9. The number of anilines is 2. The van der Waals surface area contributed by atoms with Crippen molar-refractivity contribution in [1.29, 1.82) is 0 Å². The summed E-state index contributed by atoms with van der Waals surface area (Å²) in [5.41, 5.74) is 1.54. The molecule has 0 spiro atoms. The van der Waals surface area contributed by atoms with Gasteiger partial charge in [-0.15, -0.1) is 0 Å². The highest BCUT2D eigenvalue weighted by Gasteiger charge is 2.20. The third-order valence-corrected chi connectivity index (χ3v) is 6.19. The van der Waals surface area contributed by atoms with Crippen LogP contribution in [-0.2, 0) is 7.05 Å². The zero-order valence-corrected chi connectivity index (χ0v) is 19.7. The van der Waals surface area contributed by atoms with Crippen molar-refractivity contribution in [3.05, 3.63) is 65.4 Å². The van der Waals surface area contributed by atoms with Gasteiger partial charge in [0.15, 0.2) is 5.82 Å². The van der Waals surface area contributed by atoms with Gasteiger partial charge in [-0.25, -0.2) is 9.48 Å². The predicted octanol–water partition coefficient (Wildman–Crippen LogP) is 4.12. The number of pyridine rings is 1. The van der Waals surface area contributed by atoms with Gasteiger partial charge in [-0.1, -0.05) is 23.7 Å². The molecule has 2 amide bonds. The lowest BCUT2D eigenvalue weighted by Gasteiger charge is -2.33. The number of hydrogen-bond acceptors (Lipinski definition) is 6. The van der Waals surface area contributed by atoms with Gasteiger partial charge in [0, 0.05) is 50.8 Å². The molecule has 0 saturated carbocycles. The highest BCUT2D eigenvalue weighted by atomic mass is 35.5. The number of benzene rings is 1. The van der Waals surface area contributed by atoms with E-state index in [-0.39, 0.29) is 11.7 Å². The largest absolute Gasteiger partial charge is 0.413 e. The van der Waals surface area contributed by atoms with Gasteiger partial charge in [0.05, 0.1) is 10.6 Å². The molecule has 178 valence electrons. The number of aryl methyl sites for hydroxylation is 1. The second-order valence-corrected chi connectivity index (χ2v) is 8.57. The summed E-state index contributed by atoms with van der Waals surface area (Å²) in [5, 5.41) is 9.98. The Hall–Kier alpha value is -3.59. The number of ether oxygens (including phenoxy) is 1. The summed E-state index contributed by atoms with van der Waals surface area (Å²) in [4.78, 5) is 31.1. The van der Waals surface area contributed by atoms with Crippen molar-refractivity contribution in [2.45, 2.75) is 19.3 Å². The number of aromatic nitrogens is 3. The van der Waals surface area contributed by atoms with Crippen LogP contribution in [0.15, 0.2) is 54.9 Å². The Labute approximate surface area is 203 Å². The lowest BCUT2D eigenvalue weighted by atomic mass is 9.93. The Morgan fingerprint density at radius 3 is 2.62 bits per heavy atom. The number of hydrogen-bond donors (Lipinski definition) is 2. The van der Waals surface area contributed by atoms with E-state index in [1.807, 2.05) is 24.5 Å². The van der Waals surface area contributed by atoms with E-state index in [9.17, 15) is 9.59 Å². The Morgan fingerprint density at radius 1 is 1.15 bits per heavy atom. The van der Waals surface area contributed by atoms with E-state index in [0.717, 1.165) is 32.4 Å². The van der Waals surface area contributed by atoms with Crippen molar-refractivity contribution in [3.8, 4) is 5.88 Å². The summed E-state index contributed by atoms with van der Waals surface area (Å²) in [6.45, 7) is 2.53. The van der Waals surface area contributed by atoms with Crippen molar-refractivity contribution < 1.29 is 14.3 Å². The van der Waals surface area contributed by atoms with E-state index in [0.29, 0.717) is 23.0 Å². The Kier molecular flexibility index (Phi) is 7.64. The fourth-order valence-corrected chi connectivity index (χ4v) is 4.20. The first kappa shape index (κ1) is 23.6. The molecule has 1 aliphatic heterocycles. The van der Waals surface area contributed by atoms with Crippen LogP contribution < -0.4 is 20.3 Å². The minimum atomic E-state index is -0.554. The second kappa shape index (κ2) is 11.0. The summed E-state index contributed by atoms with van der Waals surface area (Å²) in [5.74, 6) is 0.644. The van der Waals surface area contributed by atoms with E-state index in [1.165, 1.54) is 16.4 Å². The number of halogens is 1. The van der Waals surface area contributed by atoms with Gasteiger partial charge >= 0.3 is 6.09 Å². The summed E-state index contributed by atoms with van der Waals surface area (Å²) in [6.07, 6.45) is 6.12. The van der Waals surface area contributed by atoms with Gasteiger partial charge in [-0.05, 0) is 49.4 Å². The molecule has 4 rings (SSSR count). The maximum Gasteiger partial charge on any atom is 0.413 e. The van der Waals surface area contributed by atoms with Crippen LogP contribution in [0.25, 0.3) is 0 Å². The molecule has 1 aliphatic rings. The standard InChI is InChI=1S/C24H27ClN6O3/c1-30-22(16-21(29-30)28-23(32)19-4-2-3-5-20(19)25)34-24(33)27-13-6-17-9-14-31(15-10-17)18-7-11-26-12-8-18/h2-5,7-8,11-12,16-17H,6,9-10,13-15H2,1H3,(H,27,33)(H,28,29,32). The summed E-state index contributed by atoms with van der Waals surface area (Å²) in [7, 11) is 1.63. The molecule has 1 aromatic carbocycles. The molecule has 2 aromatic heterocycles. The van der Waals surface area contributed by atoms with Gasteiger partial charge in [-0.2, -0.15) is 5.10 Å². The average molecular weight is 483 g/mol. The van der Waals surface area contributed by atoms with Crippen LogP contribution in [0.1, 0.15) is 29.6 Å². The quantitative estimate of drug-likeness (QED) is 0.525. The van der Waals surface area contributed by atoms with E-state index in [2.05, 4.69) is 25.6 Å². The Bertz CT molecular complexity index is 1130. The highest BCUT2D eigenvalue weighted by Crippen LogP contribution is 2.24. The van der Waals surface area contributed by atoms with Gasteiger partial charge in [0.25, 0.3) is 5.91 Å².